The number of H-pyrrole nitrogens is 1. The van der Waals surface area contributed by atoms with Gasteiger partial charge in [-0.25, -0.2) is 15.0 Å². The van der Waals surface area contributed by atoms with Gasteiger partial charge >= 0.3 is 0 Å². The van der Waals surface area contributed by atoms with Crippen molar-refractivity contribution in [2.75, 3.05) is 18.5 Å². The van der Waals surface area contributed by atoms with Crippen LogP contribution in [0.2, 0.25) is 0 Å². The van der Waals surface area contributed by atoms with Gasteiger partial charge in [0.2, 0.25) is 11.8 Å². The number of aromatic amines is 1. The molecule has 3 heterocycles. The van der Waals surface area contributed by atoms with E-state index in [2.05, 4.69) is 49.7 Å². The first kappa shape index (κ1) is 41.5. The number of carbonyl (C=O) groups excluding carboxylic acids is 2. The third-order valence-corrected chi connectivity index (χ3v) is 9.46. The summed E-state index contributed by atoms with van der Waals surface area (Å²) in [4.78, 5) is 40.1. The fourth-order valence-corrected chi connectivity index (χ4v) is 6.47. The Morgan fingerprint density at radius 2 is 1.40 bits per heavy atom. The summed E-state index contributed by atoms with van der Waals surface area (Å²) in [5, 5.41) is 49.7. The first-order valence-corrected chi connectivity index (χ1v) is 19.0. The molecule has 0 saturated carbocycles. The van der Waals surface area contributed by atoms with Crippen molar-refractivity contribution in [3.63, 3.8) is 0 Å². The van der Waals surface area contributed by atoms with Crippen molar-refractivity contribution >= 4 is 28.8 Å². The summed E-state index contributed by atoms with van der Waals surface area (Å²) in [7, 11) is 0. The number of unbranched alkanes of at least 4 members (excludes halogenated alkanes) is 15. The highest BCUT2D eigenvalue weighted by molar-refractivity contribution is 5.85. The van der Waals surface area contributed by atoms with Gasteiger partial charge in [0, 0.05) is 6.42 Å². The molecule has 1 saturated heterocycles. The molecule has 0 bridgehead atoms. The molecule has 0 aromatic carbocycles. The Bertz CT molecular complexity index is 1230. The molecule has 50 heavy (non-hydrogen) atoms. The molecule has 2 aromatic rings. The van der Waals surface area contributed by atoms with Gasteiger partial charge in [-0.1, -0.05) is 117 Å². The molecule has 2 amide bonds. The highest BCUT2D eigenvalue weighted by atomic mass is 16.5. The number of aromatic nitrogens is 4. The number of carbonyl (C=O) groups is 2. The van der Waals surface area contributed by atoms with Crippen LogP contribution in [0.1, 0.15) is 129 Å². The lowest BCUT2D eigenvalue weighted by molar-refractivity contribution is -0.204. The zero-order chi connectivity index (χ0) is 36.1. The van der Waals surface area contributed by atoms with E-state index in [0.29, 0.717) is 17.6 Å². The first-order valence-electron chi connectivity index (χ1n) is 19.0. The van der Waals surface area contributed by atoms with Crippen LogP contribution in [0.15, 0.2) is 12.7 Å². The minimum Gasteiger partial charge on any atom is -0.394 e. The average molecular weight is 706 g/mol. The molecule has 0 aliphatic carbocycles. The Hall–Kier alpha value is -2.91. The van der Waals surface area contributed by atoms with Crippen LogP contribution in [0.25, 0.3) is 11.2 Å². The number of nitrogens with zero attached hydrogens (tertiary/aromatic N) is 3. The topological polar surface area (TPSA) is 215 Å². The maximum absolute atomic E-state index is 12.7. The van der Waals surface area contributed by atoms with Gasteiger partial charge in [0.25, 0.3) is 0 Å². The summed E-state index contributed by atoms with van der Waals surface area (Å²) in [6, 6.07) is -1.27. The van der Waals surface area contributed by atoms with E-state index >= 15 is 0 Å². The third kappa shape index (κ3) is 14.7. The summed E-state index contributed by atoms with van der Waals surface area (Å²) >= 11 is 0. The van der Waals surface area contributed by atoms with E-state index in [-0.39, 0.29) is 18.3 Å². The van der Waals surface area contributed by atoms with Crippen molar-refractivity contribution in [2.24, 2.45) is 5.92 Å². The normalized spacial score (nSPS) is 21.4. The molecular weight excluding hydrogens is 642 g/mol. The first-order chi connectivity index (χ1) is 24.2. The van der Waals surface area contributed by atoms with E-state index in [1.807, 2.05) is 0 Å². The Morgan fingerprint density at radius 1 is 0.820 bits per heavy atom. The van der Waals surface area contributed by atoms with E-state index < -0.39 is 49.2 Å². The van der Waals surface area contributed by atoms with Gasteiger partial charge in [0.15, 0.2) is 17.7 Å². The number of aliphatic hydroxyl groups excluding tert-OH is 4. The molecule has 1 fully saturated rings. The smallest absolute Gasteiger partial charge is 0.239 e. The predicted molar refractivity (Wildman–Crippen MR) is 192 cm³/mol. The van der Waals surface area contributed by atoms with Crippen LogP contribution in [-0.2, 0) is 14.3 Å². The quantitative estimate of drug-likeness (QED) is 0.0658. The second kappa shape index (κ2) is 23.5. The van der Waals surface area contributed by atoms with Crippen LogP contribution >= 0.6 is 0 Å². The molecule has 8 N–H and O–H groups in total. The van der Waals surface area contributed by atoms with E-state index in [9.17, 15) is 30.0 Å². The minimum absolute atomic E-state index is 0.232. The lowest BCUT2D eigenvalue weighted by atomic mass is 9.92. The van der Waals surface area contributed by atoms with Crippen LogP contribution in [0.5, 0.6) is 0 Å². The number of imidazole rings is 1. The molecule has 14 heteroatoms. The molecule has 1 aliphatic rings. The van der Waals surface area contributed by atoms with E-state index in [1.165, 1.54) is 103 Å². The third-order valence-electron chi connectivity index (χ3n) is 9.46. The maximum Gasteiger partial charge on any atom is 0.239 e. The van der Waals surface area contributed by atoms with Crippen molar-refractivity contribution in [1.82, 2.24) is 30.6 Å². The van der Waals surface area contributed by atoms with Crippen LogP contribution in [0.3, 0.4) is 0 Å². The monoisotopic (exact) mass is 705 g/mol. The number of hydrogen-bond donors (Lipinski definition) is 8. The molecule has 284 valence electrons. The van der Waals surface area contributed by atoms with E-state index in [1.54, 1.807) is 0 Å². The number of anilines is 1. The Balaban J connectivity index is 1.23. The van der Waals surface area contributed by atoms with Crippen LogP contribution in [-0.4, -0.2) is 102 Å². The van der Waals surface area contributed by atoms with Crippen LogP contribution in [0.4, 0.5) is 5.82 Å². The van der Waals surface area contributed by atoms with Gasteiger partial charge < -0.3 is 46.1 Å². The van der Waals surface area contributed by atoms with Gasteiger partial charge in [-0.2, -0.15) is 0 Å². The fraction of sp³-hybridized carbons (Fsp3) is 0.806. The molecule has 2 aromatic heterocycles. The predicted octanol–water partition coefficient (Wildman–Crippen LogP) is 3.84. The molecule has 3 rings (SSSR count). The molecule has 0 spiro atoms. The van der Waals surface area contributed by atoms with Gasteiger partial charge in [-0.3, -0.25) is 9.59 Å². The van der Waals surface area contributed by atoms with Gasteiger partial charge in [-0.15, -0.1) is 0 Å². The van der Waals surface area contributed by atoms with Gasteiger partial charge in [0.1, 0.15) is 36.3 Å². The summed E-state index contributed by atoms with van der Waals surface area (Å²) in [5.74, 6) is 0.179. The molecular formula is C36H63N7O7. The fourth-order valence-electron chi connectivity index (χ4n) is 6.47. The van der Waals surface area contributed by atoms with Crippen molar-refractivity contribution in [1.29, 1.82) is 0 Å². The second-order valence-electron chi connectivity index (χ2n) is 14.2. The summed E-state index contributed by atoms with van der Waals surface area (Å²) in [6.07, 6.45) is 17.3. The highest BCUT2D eigenvalue weighted by Crippen LogP contribution is 2.26. The number of nitrogens with one attached hydrogen (secondary N) is 4. The zero-order valence-corrected chi connectivity index (χ0v) is 30.2. The van der Waals surface area contributed by atoms with Crippen molar-refractivity contribution in [2.45, 2.75) is 166 Å². The van der Waals surface area contributed by atoms with E-state index in [0.717, 1.165) is 25.2 Å². The summed E-state index contributed by atoms with van der Waals surface area (Å²) < 4.78 is 5.81. The number of fused-ring (bicyclic) bond motifs is 1. The number of amides is 2. The van der Waals surface area contributed by atoms with Gasteiger partial charge in [0.05, 0.1) is 25.5 Å². The van der Waals surface area contributed by atoms with E-state index in [4.69, 9.17) is 4.74 Å². The Kier molecular flexibility index (Phi) is 19.5. The lowest BCUT2D eigenvalue weighted by Crippen LogP contribution is -2.68. The Morgan fingerprint density at radius 3 is 1.98 bits per heavy atom. The second-order valence-corrected chi connectivity index (χ2v) is 14.2. The molecule has 6 atom stereocenters. The van der Waals surface area contributed by atoms with Gasteiger partial charge in [-0.05, 0) is 12.3 Å². The number of aliphatic hydroxyl groups is 4. The molecule has 0 radical (unpaired) electrons. The Labute approximate surface area is 297 Å². The van der Waals surface area contributed by atoms with Crippen molar-refractivity contribution < 1.29 is 34.8 Å². The number of hydrogen-bond acceptors (Lipinski definition) is 11. The number of ether oxygens (including phenoxy) is 1. The van der Waals surface area contributed by atoms with Crippen molar-refractivity contribution in [3.8, 4) is 0 Å². The zero-order valence-electron chi connectivity index (χ0n) is 30.2. The SMILES string of the molecule is CC(C)CCCCCCCCCCCCCCCCCCC(=O)NCC(=O)N[C@@H]1[C@@H](O)[C@@H](O)[C@@H](Nc2ncnc3nc[nH]c23)O[C@H]1[C@@H](O)CO. The molecule has 14 nitrogen and oxygen atoms in total. The average Bonchev–Trinajstić information content (AvgIpc) is 3.59. The largest absolute Gasteiger partial charge is 0.394 e. The van der Waals surface area contributed by atoms with Crippen molar-refractivity contribution in [3.05, 3.63) is 12.7 Å². The standard InChI is InChI=1S/C36H63N7O7/c1-25(2)19-17-15-13-11-9-7-5-3-4-6-8-10-12-14-16-18-20-27(46)37-21-28(47)42-29-31(48)32(49)36(50-33(29)26(45)22-44)43-35-30-34(39-23-38-30)40-24-41-35/h23-26,29,31-33,36,44-45,48-49H,3-22H2,1-2H3,(H,37,46)(H,42,47)(H2,38,39,40,41,43)/t26-,29+,31+,32+,33-,36-/m0/s1. The van der Waals surface area contributed by atoms with Crippen LogP contribution < -0.4 is 16.0 Å². The van der Waals surface area contributed by atoms with Crippen LogP contribution in [0, 0.1) is 5.92 Å². The number of rotatable bonds is 26. The molecule has 1 aliphatic heterocycles. The molecule has 0 unspecified atom stereocenters. The summed E-state index contributed by atoms with van der Waals surface area (Å²) in [6.45, 7) is 3.54. The summed E-state index contributed by atoms with van der Waals surface area (Å²) in [5.41, 5.74) is 0.797. The maximum atomic E-state index is 12.7. The minimum atomic E-state index is -1.59. The lowest BCUT2D eigenvalue weighted by Gasteiger charge is -2.44. The highest BCUT2D eigenvalue weighted by Gasteiger charge is 2.48.